The fourth-order valence-electron chi connectivity index (χ4n) is 9.91. The van der Waals surface area contributed by atoms with E-state index in [0.717, 1.165) is 25.7 Å². The second kappa shape index (κ2) is 11.0. The maximum Gasteiger partial charge on any atom is 0.397 e. The molecule has 4 rings (SSSR count). The third-order valence-corrected chi connectivity index (χ3v) is 13.4. The quantitative estimate of drug-likeness (QED) is 0.295. The molecule has 12 atom stereocenters. The van der Waals surface area contributed by atoms with Crippen LogP contribution in [0, 0.1) is 57.7 Å². The zero-order valence-electron chi connectivity index (χ0n) is 25.2. The Bertz CT molecular complexity index is 1130. The van der Waals surface area contributed by atoms with E-state index < -0.39 is 50.4 Å². The molecule has 4 saturated carbocycles. The molecule has 0 radical (unpaired) electrons. The van der Waals surface area contributed by atoms with Crippen LogP contribution in [0.1, 0.15) is 106 Å². The van der Waals surface area contributed by atoms with Gasteiger partial charge in [-0.2, -0.15) is 16.8 Å². The number of rotatable bonds is 8. The van der Waals surface area contributed by atoms with Crippen molar-refractivity contribution in [1.29, 1.82) is 0 Å². The van der Waals surface area contributed by atoms with E-state index in [9.17, 15) is 31.0 Å². The van der Waals surface area contributed by atoms with Gasteiger partial charge in [0.25, 0.3) is 0 Å². The van der Waals surface area contributed by atoms with Gasteiger partial charge in [-0.3, -0.25) is 9.11 Å². The van der Waals surface area contributed by atoms with Crippen LogP contribution in [0.25, 0.3) is 0 Å². The Balaban J connectivity index is 1.61. The number of aliphatic hydroxyl groups excluding tert-OH is 1. The first kappa shape index (κ1) is 32.6. The highest BCUT2D eigenvalue weighted by molar-refractivity contribution is 7.81. The van der Waals surface area contributed by atoms with Gasteiger partial charge in [-0.1, -0.05) is 54.9 Å². The maximum absolute atomic E-state index is 11.9. The predicted molar refractivity (Wildman–Crippen MR) is 152 cm³/mol. The molecule has 11 heteroatoms. The number of aliphatic hydroxyl groups is 1. The lowest BCUT2D eigenvalue weighted by atomic mass is 9.43. The SMILES string of the molecule is C[C@@H](CC[C@H](C)C(C)(C)C)[C@H]1CC[C@H]2[C@@H]3C[C@H](OS(=O)(=O)O)[C@H]4C[C@H](O)[C@@H](OS(=O)(=O)O)C[C@]4(C)[C@H]3CC[C@]12C. The second-order valence-electron chi connectivity index (χ2n) is 15.4. The predicted octanol–water partition coefficient (Wildman–Crippen LogP) is 5.70. The van der Waals surface area contributed by atoms with Crippen molar-refractivity contribution in [3.8, 4) is 0 Å². The molecule has 9 nitrogen and oxygen atoms in total. The van der Waals surface area contributed by atoms with E-state index in [0.29, 0.717) is 30.1 Å². The molecule has 0 amide bonds. The van der Waals surface area contributed by atoms with Gasteiger partial charge in [0.05, 0.1) is 12.2 Å². The van der Waals surface area contributed by atoms with Crippen LogP contribution < -0.4 is 0 Å². The summed E-state index contributed by atoms with van der Waals surface area (Å²) in [4.78, 5) is 0. The van der Waals surface area contributed by atoms with Crippen LogP contribution >= 0.6 is 0 Å². The zero-order chi connectivity index (χ0) is 30.1. The molecule has 234 valence electrons. The summed E-state index contributed by atoms with van der Waals surface area (Å²) in [6.45, 7) is 16.1. The zero-order valence-corrected chi connectivity index (χ0v) is 26.9. The fraction of sp³-hybridized carbons (Fsp3) is 1.00. The first-order valence-electron chi connectivity index (χ1n) is 15.1. The Labute approximate surface area is 242 Å². The summed E-state index contributed by atoms with van der Waals surface area (Å²) in [5, 5.41) is 10.8. The van der Waals surface area contributed by atoms with Gasteiger partial charge in [0, 0.05) is 0 Å². The molecular formula is C29H52O9S2. The molecule has 0 aromatic heterocycles. The maximum atomic E-state index is 11.9. The normalized spacial score (nSPS) is 43.9. The third kappa shape index (κ3) is 6.45. The van der Waals surface area contributed by atoms with E-state index in [1.54, 1.807) is 0 Å². The summed E-state index contributed by atoms with van der Waals surface area (Å²) in [5.41, 5.74) is -0.212. The van der Waals surface area contributed by atoms with Crippen LogP contribution in [-0.2, 0) is 29.2 Å². The monoisotopic (exact) mass is 608 g/mol. The van der Waals surface area contributed by atoms with Crippen LogP contribution in [0.2, 0.25) is 0 Å². The molecule has 3 N–H and O–H groups in total. The highest BCUT2D eigenvalue weighted by Crippen LogP contribution is 2.69. The van der Waals surface area contributed by atoms with Crippen molar-refractivity contribution in [2.45, 2.75) is 125 Å². The fourth-order valence-corrected chi connectivity index (χ4v) is 10.9. The van der Waals surface area contributed by atoms with Crippen molar-refractivity contribution < 1.29 is 39.4 Å². The van der Waals surface area contributed by atoms with Gasteiger partial charge in [0.15, 0.2) is 0 Å². The van der Waals surface area contributed by atoms with Gasteiger partial charge in [0.2, 0.25) is 0 Å². The summed E-state index contributed by atoms with van der Waals surface area (Å²) in [5.74, 6) is 2.02. The van der Waals surface area contributed by atoms with Crippen molar-refractivity contribution >= 4 is 20.8 Å². The minimum Gasteiger partial charge on any atom is -0.390 e. The van der Waals surface area contributed by atoms with E-state index in [1.165, 1.54) is 12.8 Å². The molecule has 0 saturated heterocycles. The van der Waals surface area contributed by atoms with Crippen molar-refractivity contribution in [3.05, 3.63) is 0 Å². The van der Waals surface area contributed by atoms with Gasteiger partial charge in [-0.05, 0) is 109 Å². The minimum atomic E-state index is -4.78. The summed E-state index contributed by atoms with van der Waals surface area (Å²) in [6.07, 6.45) is 4.03. The van der Waals surface area contributed by atoms with Crippen LogP contribution in [0.4, 0.5) is 0 Å². The lowest BCUT2D eigenvalue weighted by Gasteiger charge is -2.63. The minimum absolute atomic E-state index is 0.0631. The molecular weight excluding hydrogens is 556 g/mol. The van der Waals surface area contributed by atoms with Crippen molar-refractivity contribution in [1.82, 2.24) is 0 Å². The molecule has 0 aromatic carbocycles. The average molecular weight is 609 g/mol. The lowest BCUT2D eigenvalue weighted by Crippen LogP contribution is -2.61. The molecule has 0 spiro atoms. The van der Waals surface area contributed by atoms with Crippen molar-refractivity contribution in [2.24, 2.45) is 57.7 Å². The smallest absolute Gasteiger partial charge is 0.390 e. The molecule has 0 aliphatic heterocycles. The number of fused-ring (bicyclic) bond motifs is 5. The van der Waals surface area contributed by atoms with E-state index >= 15 is 0 Å². The topological polar surface area (TPSA) is 147 Å². The van der Waals surface area contributed by atoms with Gasteiger partial charge in [0.1, 0.15) is 6.10 Å². The first-order chi connectivity index (χ1) is 18.2. The van der Waals surface area contributed by atoms with Gasteiger partial charge in [-0.15, -0.1) is 0 Å². The Morgan fingerprint density at radius 1 is 0.825 bits per heavy atom. The molecule has 40 heavy (non-hydrogen) atoms. The Morgan fingerprint density at radius 3 is 1.98 bits per heavy atom. The summed E-state index contributed by atoms with van der Waals surface area (Å²) in [6, 6.07) is 0. The molecule has 4 aliphatic rings. The molecule has 0 unspecified atom stereocenters. The molecule has 0 bridgehead atoms. The number of hydrogen-bond donors (Lipinski definition) is 3. The van der Waals surface area contributed by atoms with E-state index in [1.807, 2.05) is 6.92 Å². The largest absolute Gasteiger partial charge is 0.397 e. The Kier molecular flexibility index (Phi) is 8.97. The van der Waals surface area contributed by atoms with Crippen LogP contribution in [0.3, 0.4) is 0 Å². The summed E-state index contributed by atoms with van der Waals surface area (Å²) >= 11 is 0. The Hall–Kier alpha value is -0.300. The van der Waals surface area contributed by atoms with E-state index in [2.05, 4.69) is 41.5 Å². The van der Waals surface area contributed by atoms with Crippen LogP contribution in [0.5, 0.6) is 0 Å². The van der Waals surface area contributed by atoms with Gasteiger partial charge in [-0.25, -0.2) is 8.37 Å². The van der Waals surface area contributed by atoms with Crippen molar-refractivity contribution in [3.63, 3.8) is 0 Å². The van der Waals surface area contributed by atoms with Gasteiger partial charge < -0.3 is 5.11 Å². The molecule has 0 heterocycles. The highest BCUT2D eigenvalue weighted by atomic mass is 32.3. The standard InChI is InChI=1S/C29H52O9S2/c1-17(8-9-18(2)27(3,4)5)20-10-11-21-19-14-25(37-39(31,32)33)23-15-24(30)26(38-40(34,35)36)16-29(23,7)22(19)12-13-28(20,21)6/h17-26,30H,8-16H2,1-7H3,(H,31,32,33)(H,34,35,36)/t17-,18-,19-,20+,21-,22-,23+,24-,25-,26-,28+,29+/m0/s1. The lowest BCUT2D eigenvalue weighted by molar-refractivity contribution is -0.187. The van der Waals surface area contributed by atoms with Crippen molar-refractivity contribution in [2.75, 3.05) is 0 Å². The average Bonchev–Trinajstić information content (AvgIpc) is 3.13. The van der Waals surface area contributed by atoms with Gasteiger partial charge >= 0.3 is 20.8 Å². The van der Waals surface area contributed by atoms with Crippen LogP contribution in [-0.4, -0.2) is 49.4 Å². The summed E-state index contributed by atoms with van der Waals surface area (Å²) in [7, 11) is -9.52. The van der Waals surface area contributed by atoms with E-state index in [4.69, 9.17) is 8.37 Å². The third-order valence-electron chi connectivity index (χ3n) is 12.4. The highest BCUT2D eigenvalue weighted by Gasteiger charge is 2.64. The Morgan fingerprint density at radius 2 is 1.40 bits per heavy atom. The molecule has 4 fully saturated rings. The van der Waals surface area contributed by atoms with Crippen LogP contribution in [0.15, 0.2) is 0 Å². The number of hydrogen-bond acceptors (Lipinski definition) is 7. The second-order valence-corrected chi connectivity index (χ2v) is 17.5. The van der Waals surface area contributed by atoms with E-state index in [-0.39, 0.29) is 35.5 Å². The molecule has 0 aromatic rings. The first-order valence-corrected chi connectivity index (χ1v) is 17.9. The summed E-state index contributed by atoms with van der Waals surface area (Å²) < 4.78 is 76.3. The molecule has 4 aliphatic carbocycles.